The first kappa shape index (κ1) is 18.1. The highest BCUT2D eigenvalue weighted by molar-refractivity contribution is 6.07. The van der Waals surface area contributed by atoms with Crippen molar-refractivity contribution in [2.75, 3.05) is 0 Å². The molecule has 1 aliphatic rings. The van der Waals surface area contributed by atoms with Crippen molar-refractivity contribution >= 4 is 17.6 Å². The quantitative estimate of drug-likeness (QED) is 0.509. The van der Waals surface area contributed by atoms with Crippen LogP contribution >= 0.6 is 0 Å². The molecule has 136 valence electrons. The third kappa shape index (κ3) is 3.00. The van der Waals surface area contributed by atoms with E-state index in [9.17, 15) is 19.7 Å². The average molecular weight is 364 g/mol. The zero-order chi connectivity index (χ0) is 19.8. The highest BCUT2D eigenvalue weighted by atomic mass is 16.6. The summed E-state index contributed by atoms with van der Waals surface area (Å²) in [7, 11) is 0. The van der Waals surface area contributed by atoms with Crippen molar-refractivity contribution in [1.82, 2.24) is 10.2 Å². The summed E-state index contributed by atoms with van der Waals surface area (Å²) in [5.41, 5.74) is 0.613. The van der Waals surface area contributed by atoms with Crippen LogP contribution in [0.3, 0.4) is 0 Å². The number of nitriles is 1. The van der Waals surface area contributed by atoms with Gasteiger partial charge in [-0.1, -0.05) is 24.3 Å². The van der Waals surface area contributed by atoms with Gasteiger partial charge >= 0.3 is 6.03 Å². The summed E-state index contributed by atoms with van der Waals surface area (Å²) in [6, 6.07) is 12.4. The third-order valence-electron chi connectivity index (χ3n) is 4.81. The number of nitrogens with zero attached hydrogens (tertiary/aromatic N) is 3. The number of urea groups is 1. The summed E-state index contributed by atoms with van der Waals surface area (Å²) >= 11 is 0. The Balaban J connectivity index is 1.92. The molecule has 0 bridgehead atoms. The Morgan fingerprint density at radius 2 is 1.89 bits per heavy atom. The zero-order valence-electron chi connectivity index (χ0n) is 14.7. The molecule has 2 aromatic rings. The molecule has 1 aliphatic heterocycles. The van der Waals surface area contributed by atoms with Crippen LogP contribution in [0, 0.1) is 28.4 Å². The van der Waals surface area contributed by atoms with E-state index >= 15 is 0 Å². The molecule has 0 aromatic heterocycles. The summed E-state index contributed by atoms with van der Waals surface area (Å²) < 4.78 is 0. The van der Waals surface area contributed by atoms with Crippen LogP contribution in [0.15, 0.2) is 42.5 Å². The molecule has 1 saturated heterocycles. The Hall–Kier alpha value is -3.73. The van der Waals surface area contributed by atoms with E-state index < -0.39 is 22.4 Å². The van der Waals surface area contributed by atoms with E-state index in [4.69, 9.17) is 5.26 Å². The molecule has 1 heterocycles. The normalized spacial score (nSPS) is 18.9. The van der Waals surface area contributed by atoms with Crippen LogP contribution in [0.4, 0.5) is 10.5 Å². The van der Waals surface area contributed by atoms with Gasteiger partial charge in [0.1, 0.15) is 5.54 Å². The summed E-state index contributed by atoms with van der Waals surface area (Å²) in [5.74, 6) is -0.455. The van der Waals surface area contributed by atoms with Gasteiger partial charge in [0.05, 0.1) is 23.1 Å². The number of nitrogens with one attached hydrogen (secondary N) is 1. The summed E-state index contributed by atoms with van der Waals surface area (Å²) in [4.78, 5) is 37.1. The second kappa shape index (κ2) is 6.53. The number of carbonyl (C=O) groups excluding carboxylic acids is 2. The maximum absolute atomic E-state index is 13.0. The number of hydrogen-bond acceptors (Lipinski definition) is 5. The third-order valence-corrected chi connectivity index (χ3v) is 4.81. The van der Waals surface area contributed by atoms with Crippen molar-refractivity contribution in [3.05, 3.63) is 74.8 Å². The molecule has 1 fully saturated rings. The molecule has 0 spiro atoms. The Labute approximate surface area is 155 Å². The van der Waals surface area contributed by atoms with Crippen LogP contribution in [-0.4, -0.2) is 21.8 Å². The molecule has 3 amide bonds. The van der Waals surface area contributed by atoms with Gasteiger partial charge in [-0.3, -0.25) is 19.8 Å². The highest BCUT2D eigenvalue weighted by Crippen LogP contribution is 2.31. The first-order valence-corrected chi connectivity index (χ1v) is 8.15. The van der Waals surface area contributed by atoms with E-state index in [0.29, 0.717) is 22.3 Å². The van der Waals surface area contributed by atoms with Crippen LogP contribution in [0.25, 0.3) is 0 Å². The lowest BCUT2D eigenvalue weighted by Gasteiger charge is -2.22. The van der Waals surface area contributed by atoms with E-state index in [1.165, 1.54) is 12.1 Å². The van der Waals surface area contributed by atoms with Crippen molar-refractivity contribution in [1.29, 1.82) is 5.26 Å². The van der Waals surface area contributed by atoms with Gasteiger partial charge in [-0.05, 0) is 37.1 Å². The number of carbonyl (C=O) groups is 2. The molecule has 3 rings (SSSR count). The Kier molecular flexibility index (Phi) is 4.37. The lowest BCUT2D eigenvalue weighted by atomic mass is 9.91. The second-order valence-corrected chi connectivity index (χ2v) is 6.45. The lowest BCUT2D eigenvalue weighted by molar-refractivity contribution is -0.385. The number of imide groups is 1. The van der Waals surface area contributed by atoms with Gasteiger partial charge in [0, 0.05) is 11.6 Å². The number of rotatable bonds is 4. The van der Waals surface area contributed by atoms with Crippen LogP contribution in [-0.2, 0) is 16.9 Å². The molecular formula is C19H16N4O4. The smallest absolute Gasteiger partial charge is 0.319 e. The summed E-state index contributed by atoms with van der Waals surface area (Å²) in [5, 5.41) is 22.7. The van der Waals surface area contributed by atoms with E-state index in [-0.39, 0.29) is 12.2 Å². The summed E-state index contributed by atoms with van der Waals surface area (Å²) in [6.07, 6.45) is 0. The molecule has 2 aromatic carbocycles. The predicted octanol–water partition coefficient (Wildman–Crippen LogP) is 2.74. The van der Waals surface area contributed by atoms with Gasteiger partial charge < -0.3 is 5.32 Å². The minimum atomic E-state index is -1.26. The number of benzene rings is 2. The van der Waals surface area contributed by atoms with E-state index in [2.05, 4.69) is 5.32 Å². The monoisotopic (exact) mass is 364 g/mol. The number of nitro groups is 1. The average Bonchev–Trinajstić information content (AvgIpc) is 2.87. The van der Waals surface area contributed by atoms with Gasteiger partial charge in [0.15, 0.2) is 0 Å². The molecule has 0 radical (unpaired) electrons. The first-order valence-electron chi connectivity index (χ1n) is 8.15. The fourth-order valence-electron chi connectivity index (χ4n) is 3.12. The fourth-order valence-corrected chi connectivity index (χ4v) is 3.12. The van der Waals surface area contributed by atoms with Gasteiger partial charge in [0.2, 0.25) is 0 Å². The maximum Gasteiger partial charge on any atom is 0.325 e. The van der Waals surface area contributed by atoms with E-state index in [0.717, 1.165) is 4.90 Å². The predicted molar refractivity (Wildman–Crippen MR) is 95.4 cm³/mol. The molecule has 1 atom stereocenters. The number of nitro benzene ring substituents is 1. The Morgan fingerprint density at radius 1 is 1.22 bits per heavy atom. The van der Waals surface area contributed by atoms with Crippen LogP contribution < -0.4 is 5.32 Å². The molecule has 0 saturated carbocycles. The molecule has 27 heavy (non-hydrogen) atoms. The van der Waals surface area contributed by atoms with E-state index in [1.54, 1.807) is 44.2 Å². The Bertz CT molecular complexity index is 994. The minimum absolute atomic E-state index is 0.0607. The molecular weight excluding hydrogens is 348 g/mol. The zero-order valence-corrected chi connectivity index (χ0v) is 14.7. The van der Waals surface area contributed by atoms with Gasteiger partial charge in [-0.2, -0.15) is 5.26 Å². The second-order valence-electron chi connectivity index (χ2n) is 6.45. The minimum Gasteiger partial charge on any atom is -0.319 e. The van der Waals surface area contributed by atoms with Crippen molar-refractivity contribution in [3.63, 3.8) is 0 Å². The maximum atomic E-state index is 13.0. The molecule has 8 heteroatoms. The fraction of sp³-hybridized carbons (Fsp3) is 0.211. The number of hydrogen-bond donors (Lipinski definition) is 1. The van der Waals surface area contributed by atoms with Crippen LogP contribution in [0.1, 0.15) is 29.2 Å². The molecule has 1 unspecified atom stereocenters. The Morgan fingerprint density at radius 3 is 2.48 bits per heavy atom. The molecule has 8 nitrogen and oxygen atoms in total. The van der Waals surface area contributed by atoms with Crippen LogP contribution in [0.2, 0.25) is 0 Å². The van der Waals surface area contributed by atoms with Crippen molar-refractivity contribution in [2.45, 2.75) is 25.9 Å². The SMILES string of the molecule is Cc1c(CN2C(=O)NC(C)(c3ccc(C#N)cc3)C2=O)cccc1[N+](=O)[O-]. The molecule has 1 N–H and O–H groups in total. The van der Waals surface area contributed by atoms with Crippen molar-refractivity contribution in [3.8, 4) is 6.07 Å². The lowest BCUT2D eigenvalue weighted by Crippen LogP contribution is -2.40. The van der Waals surface area contributed by atoms with Crippen molar-refractivity contribution in [2.24, 2.45) is 0 Å². The van der Waals surface area contributed by atoms with Crippen LogP contribution in [0.5, 0.6) is 0 Å². The van der Waals surface area contributed by atoms with E-state index in [1.807, 2.05) is 6.07 Å². The number of amides is 3. The van der Waals surface area contributed by atoms with Gasteiger partial charge in [0.25, 0.3) is 11.6 Å². The topological polar surface area (TPSA) is 116 Å². The first-order chi connectivity index (χ1) is 12.8. The van der Waals surface area contributed by atoms with Crippen molar-refractivity contribution < 1.29 is 14.5 Å². The molecule has 0 aliphatic carbocycles. The summed E-state index contributed by atoms with van der Waals surface area (Å²) in [6.45, 7) is 3.12. The highest BCUT2D eigenvalue weighted by Gasteiger charge is 2.49. The standard InChI is InChI=1S/C19H16N4O4/c1-12-14(4-3-5-16(12)23(26)27)11-22-17(24)19(2,21-18(22)25)15-8-6-13(10-20)7-9-15/h3-9H,11H2,1-2H3,(H,21,25). The van der Waals surface area contributed by atoms with Gasteiger partial charge in [-0.25, -0.2) is 4.79 Å². The van der Waals surface area contributed by atoms with Gasteiger partial charge in [-0.15, -0.1) is 0 Å². The largest absolute Gasteiger partial charge is 0.325 e.